The van der Waals surface area contributed by atoms with E-state index in [4.69, 9.17) is 4.99 Å². The molecule has 0 bridgehead atoms. The number of rotatable bonds is 3. The fourth-order valence-corrected chi connectivity index (χ4v) is 3.42. The first-order valence-corrected chi connectivity index (χ1v) is 8.67. The minimum absolute atomic E-state index is 0.784. The summed E-state index contributed by atoms with van der Waals surface area (Å²) < 4.78 is 0. The zero-order valence-electron chi connectivity index (χ0n) is 14.1. The molecule has 0 aliphatic carbocycles. The largest absolute Gasteiger partial charge is 0.265 e. The Morgan fingerprint density at radius 3 is 2.54 bits per heavy atom. The van der Waals surface area contributed by atoms with Crippen LogP contribution in [0.5, 0.6) is 0 Å². The van der Waals surface area contributed by atoms with Crippen molar-refractivity contribution in [3.8, 4) is 0 Å². The quantitative estimate of drug-likeness (QED) is 0.707. The minimum atomic E-state index is 0.784. The van der Waals surface area contributed by atoms with Gasteiger partial charge in [-0.3, -0.25) is 20.0 Å². The van der Waals surface area contributed by atoms with E-state index in [1.54, 1.807) is 12.4 Å². The Morgan fingerprint density at radius 2 is 1.69 bits per heavy atom. The van der Waals surface area contributed by atoms with Gasteiger partial charge in [-0.2, -0.15) is 0 Å². The maximum atomic E-state index is 4.98. The number of nitrogens with zero attached hydrogens (tertiary/aromatic N) is 4. The van der Waals surface area contributed by atoms with E-state index in [0.717, 1.165) is 52.3 Å². The normalized spacial score (nSPS) is 15.3. The molecule has 0 atom stereocenters. The van der Waals surface area contributed by atoms with Crippen LogP contribution in [0.3, 0.4) is 0 Å². The maximum Gasteiger partial charge on any atom is 0.0851 e. The summed E-state index contributed by atoms with van der Waals surface area (Å²) >= 11 is 0. The molecule has 4 heteroatoms. The first kappa shape index (κ1) is 14.9. The lowest BCUT2D eigenvalue weighted by molar-refractivity contribution is 1.17. The van der Waals surface area contributed by atoms with Crippen molar-refractivity contribution < 1.29 is 0 Å². The molecule has 0 fully saturated rings. The Balaban J connectivity index is 1.63. The van der Waals surface area contributed by atoms with Gasteiger partial charge in [0.1, 0.15) is 0 Å². The van der Waals surface area contributed by atoms with E-state index in [9.17, 15) is 0 Å². The third-order valence-corrected chi connectivity index (χ3v) is 4.75. The van der Waals surface area contributed by atoms with Gasteiger partial charge in [0.15, 0.2) is 0 Å². The summed E-state index contributed by atoms with van der Waals surface area (Å²) in [6.07, 6.45) is 9.08. The van der Waals surface area contributed by atoms with Gasteiger partial charge in [0.2, 0.25) is 0 Å². The average Bonchev–Trinajstić information content (AvgIpc) is 3.36. The molecule has 0 amide bonds. The van der Waals surface area contributed by atoms with Gasteiger partial charge in [-0.1, -0.05) is 30.3 Å². The first-order valence-electron chi connectivity index (χ1n) is 8.67. The molecule has 124 valence electrons. The van der Waals surface area contributed by atoms with Crippen molar-refractivity contribution in [1.29, 1.82) is 0 Å². The fourth-order valence-electron chi connectivity index (χ4n) is 3.42. The minimum Gasteiger partial charge on any atom is -0.265 e. The van der Waals surface area contributed by atoms with Gasteiger partial charge in [0.25, 0.3) is 0 Å². The Kier molecular flexibility index (Phi) is 3.53. The standard InChI is InChI=1S/C22H16N4/c1-2-4-15(5-3-1)20-13-18(22(26-20)16-6-9-23-10-7-16)17-12-21-19(25-14-17)8-11-24-21/h1-7,9-12,14H,8,13H2. The lowest BCUT2D eigenvalue weighted by Gasteiger charge is -2.08. The Labute approximate surface area is 151 Å². The second-order valence-electron chi connectivity index (χ2n) is 6.37. The van der Waals surface area contributed by atoms with Crippen molar-refractivity contribution in [1.82, 2.24) is 9.97 Å². The van der Waals surface area contributed by atoms with Gasteiger partial charge in [0.05, 0.1) is 22.8 Å². The monoisotopic (exact) mass is 336 g/mol. The van der Waals surface area contributed by atoms with Crippen LogP contribution in [0.1, 0.15) is 28.8 Å². The summed E-state index contributed by atoms with van der Waals surface area (Å²) in [4.78, 5) is 18.2. The van der Waals surface area contributed by atoms with E-state index >= 15 is 0 Å². The van der Waals surface area contributed by atoms with Gasteiger partial charge < -0.3 is 0 Å². The van der Waals surface area contributed by atoms with Crippen molar-refractivity contribution in [2.75, 3.05) is 0 Å². The molecular formula is C22H16N4. The van der Waals surface area contributed by atoms with Gasteiger partial charge >= 0.3 is 0 Å². The first-order chi connectivity index (χ1) is 12.9. The number of benzene rings is 1. The topological polar surface area (TPSA) is 50.5 Å². The second kappa shape index (κ2) is 6.15. The second-order valence-corrected chi connectivity index (χ2v) is 6.37. The predicted molar refractivity (Wildman–Crippen MR) is 105 cm³/mol. The molecule has 0 saturated carbocycles. The SMILES string of the molecule is C1=Nc2cc(C3=C(c4ccncc4)N=C(c4ccccc4)C3)cnc2C1. The third-order valence-electron chi connectivity index (χ3n) is 4.75. The van der Waals surface area contributed by atoms with Crippen molar-refractivity contribution in [2.45, 2.75) is 12.8 Å². The number of fused-ring (bicyclic) bond motifs is 1. The van der Waals surface area contributed by atoms with Gasteiger partial charge in [-0.15, -0.1) is 0 Å². The highest BCUT2D eigenvalue weighted by atomic mass is 14.8. The molecule has 2 aliphatic rings. The zero-order valence-corrected chi connectivity index (χ0v) is 14.1. The van der Waals surface area contributed by atoms with E-state index in [0.29, 0.717) is 0 Å². The predicted octanol–water partition coefficient (Wildman–Crippen LogP) is 4.50. The van der Waals surface area contributed by atoms with Crippen molar-refractivity contribution >= 4 is 28.9 Å². The number of hydrogen-bond acceptors (Lipinski definition) is 4. The Bertz CT molecular complexity index is 1060. The molecule has 4 heterocycles. The molecule has 0 radical (unpaired) electrons. The molecule has 4 nitrogen and oxygen atoms in total. The molecule has 0 saturated heterocycles. The van der Waals surface area contributed by atoms with Crippen LogP contribution in [0.25, 0.3) is 11.3 Å². The summed E-state index contributed by atoms with van der Waals surface area (Å²) in [5.41, 5.74) is 8.59. The zero-order chi connectivity index (χ0) is 17.3. The molecule has 2 aliphatic heterocycles. The van der Waals surface area contributed by atoms with E-state index in [2.05, 4.69) is 33.2 Å². The van der Waals surface area contributed by atoms with Crippen LogP contribution < -0.4 is 0 Å². The van der Waals surface area contributed by atoms with Gasteiger partial charge in [-0.25, -0.2) is 0 Å². The number of allylic oxidation sites excluding steroid dienone is 1. The van der Waals surface area contributed by atoms with Crippen molar-refractivity contribution in [3.05, 3.63) is 89.5 Å². The number of aromatic nitrogens is 2. The van der Waals surface area contributed by atoms with E-state index in [1.165, 1.54) is 5.57 Å². The van der Waals surface area contributed by atoms with E-state index in [-0.39, 0.29) is 0 Å². The van der Waals surface area contributed by atoms with E-state index in [1.807, 2.05) is 42.7 Å². The smallest absolute Gasteiger partial charge is 0.0851 e. The van der Waals surface area contributed by atoms with Crippen LogP contribution >= 0.6 is 0 Å². The average molecular weight is 336 g/mol. The highest BCUT2D eigenvalue weighted by Gasteiger charge is 2.23. The lowest BCUT2D eigenvalue weighted by atomic mass is 9.97. The van der Waals surface area contributed by atoms with Crippen LogP contribution in [-0.2, 0) is 6.42 Å². The molecule has 2 aromatic heterocycles. The summed E-state index contributed by atoms with van der Waals surface area (Å²) in [6.45, 7) is 0. The van der Waals surface area contributed by atoms with Crippen LogP contribution in [0.2, 0.25) is 0 Å². The molecule has 0 N–H and O–H groups in total. The molecule has 1 aromatic carbocycles. The van der Waals surface area contributed by atoms with Crippen LogP contribution in [-0.4, -0.2) is 21.9 Å². The van der Waals surface area contributed by atoms with Crippen molar-refractivity contribution in [2.24, 2.45) is 9.98 Å². The van der Waals surface area contributed by atoms with Crippen LogP contribution in [0.15, 0.2) is 77.1 Å². The number of hydrogen-bond donors (Lipinski definition) is 0. The molecule has 0 spiro atoms. The summed E-state index contributed by atoms with van der Waals surface area (Å²) in [5, 5.41) is 0. The maximum absolute atomic E-state index is 4.98. The van der Waals surface area contributed by atoms with E-state index < -0.39 is 0 Å². The summed E-state index contributed by atoms with van der Waals surface area (Å²) in [7, 11) is 0. The highest BCUT2D eigenvalue weighted by Crippen LogP contribution is 2.38. The van der Waals surface area contributed by atoms with Crippen molar-refractivity contribution in [3.63, 3.8) is 0 Å². The highest BCUT2D eigenvalue weighted by molar-refractivity contribution is 6.16. The van der Waals surface area contributed by atoms with Gasteiger partial charge in [0, 0.05) is 48.8 Å². The van der Waals surface area contributed by atoms with Gasteiger partial charge in [-0.05, 0) is 29.3 Å². The Hall–Kier alpha value is -3.40. The fraction of sp³-hybridized carbons (Fsp3) is 0.0909. The summed E-state index contributed by atoms with van der Waals surface area (Å²) in [5.74, 6) is 0. The summed E-state index contributed by atoms with van der Waals surface area (Å²) in [6, 6.07) is 16.5. The van der Waals surface area contributed by atoms with Crippen LogP contribution in [0.4, 0.5) is 5.69 Å². The number of aliphatic imine (C=N–C) groups is 2. The molecule has 5 rings (SSSR count). The molecule has 26 heavy (non-hydrogen) atoms. The third kappa shape index (κ3) is 2.56. The number of pyridine rings is 2. The Morgan fingerprint density at radius 1 is 0.846 bits per heavy atom. The lowest BCUT2D eigenvalue weighted by Crippen LogP contribution is -1.98. The van der Waals surface area contributed by atoms with Crippen LogP contribution in [0, 0.1) is 0 Å². The molecule has 0 unspecified atom stereocenters. The molecule has 3 aromatic rings. The molecular weight excluding hydrogens is 320 g/mol.